The molecule has 0 bridgehead atoms. The van der Waals surface area contributed by atoms with Crippen LogP contribution in [0.15, 0.2) is 77.6 Å². The van der Waals surface area contributed by atoms with E-state index in [9.17, 15) is 9.90 Å². The fourth-order valence-electron chi connectivity index (χ4n) is 4.63. The van der Waals surface area contributed by atoms with Gasteiger partial charge < -0.3 is 5.11 Å². The minimum atomic E-state index is -0.175. The van der Waals surface area contributed by atoms with Gasteiger partial charge in [-0.05, 0) is 47.1 Å². The number of aromatic hydroxyl groups is 1. The zero-order valence-electron chi connectivity index (χ0n) is 20.9. The highest BCUT2D eigenvalue weighted by atomic mass is 16.3. The lowest BCUT2D eigenvalue weighted by atomic mass is 10.00. The van der Waals surface area contributed by atoms with Crippen molar-refractivity contribution in [2.45, 2.75) is 59.3 Å². The molecule has 1 N–H and O–H groups in total. The van der Waals surface area contributed by atoms with E-state index in [-0.39, 0.29) is 11.4 Å². The smallest absolute Gasteiger partial charge is 0.265 e. The van der Waals surface area contributed by atoms with Crippen LogP contribution in [0.1, 0.15) is 61.7 Å². The third-order valence-electron chi connectivity index (χ3n) is 6.61. The lowest BCUT2D eigenvalue weighted by molar-refractivity contribution is 0.437. The van der Waals surface area contributed by atoms with Gasteiger partial charge in [0.05, 0.1) is 11.3 Å². The van der Waals surface area contributed by atoms with E-state index in [1.807, 2.05) is 30.3 Å². The van der Waals surface area contributed by atoms with Crippen LogP contribution in [0.2, 0.25) is 0 Å². The first-order valence-electron chi connectivity index (χ1n) is 12.7. The van der Waals surface area contributed by atoms with Crippen LogP contribution in [-0.2, 0) is 25.7 Å². The first-order chi connectivity index (χ1) is 17.1. The normalized spacial score (nSPS) is 11.1. The molecule has 4 nitrogen and oxygen atoms in total. The van der Waals surface area contributed by atoms with E-state index < -0.39 is 0 Å². The lowest BCUT2D eigenvalue weighted by Gasteiger charge is -2.20. The van der Waals surface area contributed by atoms with Crippen LogP contribution in [0.5, 0.6) is 5.88 Å². The van der Waals surface area contributed by atoms with Crippen molar-refractivity contribution in [1.29, 1.82) is 0 Å². The molecule has 35 heavy (non-hydrogen) atoms. The zero-order chi connectivity index (χ0) is 24.8. The average molecular weight is 467 g/mol. The Labute approximate surface area is 207 Å². The van der Waals surface area contributed by atoms with Crippen molar-refractivity contribution in [3.8, 4) is 22.7 Å². The van der Waals surface area contributed by atoms with E-state index in [1.165, 1.54) is 0 Å². The summed E-state index contributed by atoms with van der Waals surface area (Å²) >= 11 is 0. The van der Waals surface area contributed by atoms with Crippen LogP contribution >= 0.6 is 0 Å². The van der Waals surface area contributed by atoms with Crippen LogP contribution in [0.3, 0.4) is 0 Å². The topological polar surface area (TPSA) is 55.1 Å². The monoisotopic (exact) mass is 466 g/mol. The Morgan fingerprint density at radius 2 is 1.43 bits per heavy atom. The molecular weight excluding hydrogens is 432 g/mol. The Morgan fingerprint density at radius 1 is 0.800 bits per heavy atom. The van der Waals surface area contributed by atoms with Crippen molar-refractivity contribution in [3.05, 3.63) is 111 Å². The van der Waals surface area contributed by atoms with E-state index >= 15 is 0 Å². The van der Waals surface area contributed by atoms with Gasteiger partial charge in [0.15, 0.2) is 0 Å². The lowest BCUT2D eigenvalue weighted by Crippen LogP contribution is -2.29. The number of para-hydroxylation sites is 1. The number of benzene rings is 3. The minimum Gasteiger partial charge on any atom is -0.493 e. The molecule has 0 fully saturated rings. The summed E-state index contributed by atoms with van der Waals surface area (Å²) in [6.45, 7) is 6.34. The number of rotatable bonds is 9. The van der Waals surface area contributed by atoms with Crippen LogP contribution in [0.4, 0.5) is 0 Å². The van der Waals surface area contributed by atoms with Crippen LogP contribution in [-0.4, -0.2) is 14.7 Å². The standard InChI is InChI=1S/C31H34N2O2/c1-4-7-16-28-32-30(34)27(21-22-17-19-26(20-18-22)25-12-9-8-10-13-25)31(35)33(28)29-23(5-2)14-11-15-24(29)6-3/h8-15,17-20,34H,4-7,16,21H2,1-3H3. The summed E-state index contributed by atoms with van der Waals surface area (Å²) in [7, 11) is 0. The molecule has 0 spiro atoms. The summed E-state index contributed by atoms with van der Waals surface area (Å²) in [5, 5.41) is 10.9. The molecule has 0 unspecified atom stereocenters. The van der Waals surface area contributed by atoms with Gasteiger partial charge in [-0.1, -0.05) is 100.0 Å². The second-order valence-electron chi connectivity index (χ2n) is 8.95. The maximum atomic E-state index is 14.0. The van der Waals surface area contributed by atoms with Crippen molar-refractivity contribution in [2.75, 3.05) is 0 Å². The van der Waals surface area contributed by atoms with E-state index in [0.29, 0.717) is 24.2 Å². The second kappa shape index (κ2) is 11.2. The molecule has 1 aromatic heterocycles. The molecule has 0 radical (unpaired) electrons. The molecule has 0 saturated carbocycles. The van der Waals surface area contributed by atoms with Gasteiger partial charge in [0, 0.05) is 12.8 Å². The quantitative estimate of drug-likeness (QED) is 0.300. The van der Waals surface area contributed by atoms with E-state index in [1.54, 1.807) is 4.57 Å². The molecular formula is C31H34N2O2. The van der Waals surface area contributed by atoms with Crippen LogP contribution < -0.4 is 5.56 Å². The molecule has 4 aromatic rings. The van der Waals surface area contributed by atoms with Crippen molar-refractivity contribution in [1.82, 2.24) is 9.55 Å². The third kappa shape index (κ3) is 5.22. The molecule has 0 aliphatic heterocycles. The fourth-order valence-corrected chi connectivity index (χ4v) is 4.63. The van der Waals surface area contributed by atoms with Crippen LogP contribution in [0.25, 0.3) is 16.8 Å². The van der Waals surface area contributed by atoms with Gasteiger partial charge in [-0.25, -0.2) is 0 Å². The predicted molar refractivity (Wildman–Crippen MR) is 144 cm³/mol. The Bertz CT molecular complexity index is 1320. The van der Waals surface area contributed by atoms with Gasteiger partial charge >= 0.3 is 0 Å². The molecule has 0 aliphatic carbocycles. The molecule has 0 amide bonds. The Hall–Kier alpha value is -3.66. The maximum Gasteiger partial charge on any atom is 0.265 e. The number of unbranched alkanes of at least 4 members (excludes halogenated alkanes) is 1. The molecule has 1 heterocycles. The van der Waals surface area contributed by atoms with Gasteiger partial charge in [0.2, 0.25) is 5.88 Å². The highest BCUT2D eigenvalue weighted by molar-refractivity contribution is 5.63. The molecule has 4 rings (SSSR count). The summed E-state index contributed by atoms with van der Waals surface area (Å²) in [4.78, 5) is 18.5. The van der Waals surface area contributed by atoms with Crippen molar-refractivity contribution < 1.29 is 5.11 Å². The van der Waals surface area contributed by atoms with Crippen molar-refractivity contribution in [3.63, 3.8) is 0 Å². The van der Waals surface area contributed by atoms with Gasteiger partial charge in [-0.2, -0.15) is 4.98 Å². The summed E-state index contributed by atoms with van der Waals surface area (Å²) in [6.07, 6.45) is 4.51. The van der Waals surface area contributed by atoms with Gasteiger partial charge in [0.1, 0.15) is 5.82 Å². The maximum absolute atomic E-state index is 14.0. The minimum absolute atomic E-state index is 0.156. The Balaban J connectivity index is 1.81. The highest BCUT2D eigenvalue weighted by Gasteiger charge is 2.21. The van der Waals surface area contributed by atoms with E-state index in [4.69, 9.17) is 0 Å². The number of hydrogen-bond donors (Lipinski definition) is 1. The summed E-state index contributed by atoms with van der Waals surface area (Å²) in [5.41, 5.74) is 6.57. The summed E-state index contributed by atoms with van der Waals surface area (Å²) in [5.74, 6) is 0.477. The highest BCUT2D eigenvalue weighted by Crippen LogP contribution is 2.26. The number of nitrogens with zero attached hydrogens (tertiary/aromatic N) is 2. The van der Waals surface area contributed by atoms with E-state index in [2.05, 4.69) is 68.2 Å². The SMILES string of the molecule is CCCCc1nc(O)c(Cc2ccc(-c3ccccc3)cc2)c(=O)n1-c1c(CC)cccc1CC. The number of hydrogen-bond acceptors (Lipinski definition) is 3. The second-order valence-corrected chi connectivity index (χ2v) is 8.95. The van der Waals surface area contributed by atoms with Gasteiger partial charge in [0.25, 0.3) is 5.56 Å². The molecule has 3 aromatic carbocycles. The van der Waals surface area contributed by atoms with Crippen molar-refractivity contribution >= 4 is 0 Å². The molecule has 0 atom stereocenters. The first kappa shape index (κ1) is 24.5. The summed E-state index contributed by atoms with van der Waals surface area (Å²) in [6, 6.07) is 24.6. The molecule has 180 valence electrons. The molecule has 0 saturated heterocycles. The average Bonchev–Trinajstić information content (AvgIpc) is 2.90. The Morgan fingerprint density at radius 3 is 2.03 bits per heavy atom. The molecule has 4 heteroatoms. The number of aryl methyl sites for hydroxylation is 3. The third-order valence-corrected chi connectivity index (χ3v) is 6.61. The number of aromatic nitrogens is 2. The zero-order valence-corrected chi connectivity index (χ0v) is 20.9. The van der Waals surface area contributed by atoms with Gasteiger partial charge in [-0.3, -0.25) is 9.36 Å². The first-order valence-corrected chi connectivity index (χ1v) is 12.7. The largest absolute Gasteiger partial charge is 0.493 e. The van der Waals surface area contributed by atoms with Crippen molar-refractivity contribution in [2.24, 2.45) is 0 Å². The van der Waals surface area contributed by atoms with Crippen LogP contribution in [0, 0.1) is 0 Å². The predicted octanol–water partition coefficient (Wildman–Crippen LogP) is 6.66. The van der Waals surface area contributed by atoms with Gasteiger partial charge in [-0.15, -0.1) is 0 Å². The summed E-state index contributed by atoms with van der Waals surface area (Å²) < 4.78 is 1.78. The van der Waals surface area contributed by atoms with E-state index in [0.717, 1.165) is 59.2 Å². The fraction of sp³-hybridized carbons (Fsp3) is 0.290. The Kier molecular flexibility index (Phi) is 7.81. The molecule has 0 aliphatic rings.